The normalized spacial score (nSPS) is 12.0. The van der Waals surface area contributed by atoms with E-state index < -0.39 is 8.32 Å². The molecule has 10 heavy (non-hydrogen) atoms. The Morgan fingerprint density at radius 1 is 1.40 bits per heavy atom. The lowest BCUT2D eigenvalue weighted by Gasteiger charge is -2.18. The van der Waals surface area contributed by atoms with Gasteiger partial charge in [-0.2, -0.15) is 0 Å². The highest BCUT2D eigenvalue weighted by molar-refractivity contribution is 6.71. The van der Waals surface area contributed by atoms with Gasteiger partial charge in [-0.15, -0.1) is 0 Å². The van der Waals surface area contributed by atoms with Gasteiger partial charge in [0.25, 0.3) is 0 Å². The van der Waals surface area contributed by atoms with Crippen LogP contribution in [0.3, 0.4) is 0 Å². The van der Waals surface area contributed by atoms with E-state index in [1.165, 1.54) is 0 Å². The summed E-state index contributed by atoms with van der Waals surface area (Å²) in [6.45, 7) is 5.16. The molecule has 0 aliphatic carbocycles. The summed E-state index contributed by atoms with van der Waals surface area (Å²) in [6.07, 6.45) is 1.07. The number of ether oxygens (including phenoxy) is 1. The van der Waals surface area contributed by atoms with Crippen molar-refractivity contribution < 1.29 is 9.16 Å². The van der Waals surface area contributed by atoms with Crippen LogP contribution in [-0.2, 0) is 9.16 Å². The van der Waals surface area contributed by atoms with E-state index in [-0.39, 0.29) is 0 Å². The number of hydrogen-bond donors (Lipinski definition) is 0. The van der Waals surface area contributed by atoms with Crippen molar-refractivity contribution in [2.24, 2.45) is 0 Å². The second kappa shape index (κ2) is 4.88. The Hall–Kier alpha value is 0.137. The van der Waals surface area contributed by atoms with Gasteiger partial charge in [0.2, 0.25) is 0 Å². The molecule has 0 saturated carbocycles. The molecule has 0 aromatic carbocycles. The van der Waals surface area contributed by atoms with Crippen molar-refractivity contribution in [1.82, 2.24) is 0 Å². The summed E-state index contributed by atoms with van der Waals surface area (Å²) in [6, 6.07) is 1.15. The minimum Gasteiger partial charge on any atom is -0.420 e. The maximum Gasteiger partial charge on any atom is 0.186 e. The molecule has 0 spiro atoms. The second-order valence-electron chi connectivity index (χ2n) is 2.98. The van der Waals surface area contributed by atoms with Gasteiger partial charge in [-0.1, -0.05) is 0 Å². The Balaban J connectivity index is 3.28. The summed E-state index contributed by atoms with van der Waals surface area (Å²) in [4.78, 5) is 0. The van der Waals surface area contributed by atoms with E-state index in [1.807, 2.05) is 0 Å². The summed E-state index contributed by atoms with van der Waals surface area (Å²) in [5.41, 5.74) is 0. The molecule has 0 unspecified atom stereocenters. The van der Waals surface area contributed by atoms with Crippen molar-refractivity contribution in [3.63, 3.8) is 0 Å². The Kier molecular flexibility index (Phi) is 4.94. The molecule has 61 valence electrons. The molecular formula is C7H17O2Si. The zero-order valence-electron chi connectivity index (χ0n) is 7.14. The predicted octanol–water partition coefficient (Wildman–Crippen LogP) is 2.04. The van der Waals surface area contributed by atoms with Crippen molar-refractivity contribution >= 4 is 8.32 Å². The number of rotatable bonds is 5. The third kappa shape index (κ3) is 4.96. The molecule has 0 fully saturated rings. The summed E-state index contributed by atoms with van der Waals surface area (Å²) < 4.78 is 10.0. The molecule has 1 radical (unpaired) electrons. The van der Waals surface area contributed by atoms with Gasteiger partial charge in [0.1, 0.15) is 0 Å². The first-order valence-electron chi connectivity index (χ1n) is 3.54. The number of hydrogen-bond acceptors (Lipinski definition) is 2. The van der Waals surface area contributed by atoms with E-state index in [0.29, 0.717) is 0 Å². The van der Waals surface area contributed by atoms with Crippen LogP contribution in [0, 0.1) is 7.11 Å². The van der Waals surface area contributed by atoms with Crippen LogP contribution in [-0.4, -0.2) is 22.0 Å². The second-order valence-corrected chi connectivity index (χ2v) is 7.40. The van der Waals surface area contributed by atoms with Crippen LogP contribution < -0.4 is 0 Å². The molecule has 3 heteroatoms. The maximum absolute atomic E-state index is 5.35. The van der Waals surface area contributed by atoms with Gasteiger partial charge < -0.3 is 9.16 Å². The third-order valence-electron chi connectivity index (χ3n) is 1.62. The fourth-order valence-corrected chi connectivity index (χ4v) is 1.90. The van der Waals surface area contributed by atoms with Crippen LogP contribution >= 0.6 is 0 Å². The molecule has 0 amide bonds. The molecule has 0 N–H and O–H groups in total. The fraction of sp³-hybridized carbons (Fsp3) is 0.857. The summed E-state index contributed by atoms with van der Waals surface area (Å²) in [5.74, 6) is 0. The Morgan fingerprint density at radius 2 is 2.00 bits per heavy atom. The molecule has 0 bridgehead atoms. The van der Waals surface area contributed by atoms with Gasteiger partial charge in [-0.05, 0) is 25.6 Å². The Labute approximate surface area is 64.7 Å². The average Bonchev–Trinajstić information content (AvgIpc) is 1.89. The summed E-state index contributed by atoms with van der Waals surface area (Å²) in [5, 5.41) is 0. The molecule has 0 heterocycles. The first-order valence-corrected chi connectivity index (χ1v) is 6.66. The third-order valence-corrected chi connectivity index (χ3v) is 4.28. The first kappa shape index (κ1) is 10.1. The van der Waals surface area contributed by atoms with E-state index in [2.05, 4.69) is 20.2 Å². The fourth-order valence-electron chi connectivity index (χ4n) is 0.702. The summed E-state index contributed by atoms with van der Waals surface area (Å²) >= 11 is 0. The van der Waals surface area contributed by atoms with E-state index in [0.717, 1.165) is 19.1 Å². The molecule has 0 aliphatic rings. The lowest BCUT2D eigenvalue weighted by molar-refractivity contribution is 0.240. The van der Waals surface area contributed by atoms with Crippen molar-refractivity contribution in [3.05, 3.63) is 7.11 Å². The summed E-state index contributed by atoms with van der Waals surface area (Å²) in [7, 11) is 3.77. The lowest BCUT2D eigenvalue weighted by atomic mass is 10.5. The minimum atomic E-state index is -1.32. The zero-order chi connectivity index (χ0) is 8.04. The Morgan fingerprint density at radius 3 is 2.40 bits per heavy atom. The van der Waals surface area contributed by atoms with Gasteiger partial charge in [0.15, 0.2) is 8.32 Å². The van der Waals surface area contributed by atoms with Crippen molar-refractivity contribution in [2.45, 2.75) is 25.6 Å². The standard InChI is InChI=1S/C7H17O2Si/c1-8-6-5-7-10(3,4)9-2/h1,5-7H2,2-4H3. The van der Waals surface area contributed by atoms with Crippen LogP contribution in [0.2, 0.25) is 19.1 Å². The monoisotopic (exact) mass is 161 g/mol. The van der Waals surface area contributed by atoms with Gasteiger partial charge in [0, 0.05) is 13.7 Å². The molecular weight excluding hydrogens is 144 g/mol. The molecule has 0 aromatic heterocycles. The highest BCUT2D eigenvalue weighted by Crippen LogP contribution is 2.11. The van der Waals surface area contributed by atoms with Crippen LogP contribution in [0.5, 0.6) is 0 Å². The van der Waals surface area contributed by atoms with Crippen molar-refractivity contribution in [3.8, 4) is 0 Å². The van der Waals surface area contributed by atoms with Gasteiger partial charge >= 0.3 is 0 Å². The predicted molar refractivity (Wildman–Crippen MR) is 45.2 cm³/mol. The van der Waals surface area contributed by atoms with Gasteiger partial charge in [-0.3, -0.25) is 0 Å². The van der Waals surface area contributed by atoms with Crippen molar-refractivity contribution in [1.29, 1.82) is 0 Å². The maximum atomic E-state index is 5.35. The molecule has 0 aliphatic heterocycles. The van der Waals surface area contributed by atoms with E-state index in [4.69, 9.17) is 9.16 Å². The largest absolute Gasteiger partial charge is 0.420 e. The molecule has 2 nitrogen and oxygen atoms in total. The average molecular weight is 161 g/mol. The highest BCUT2D eigenvalue weighted by atomic mass is 28.4. The van der Waals surface area contributed by atoms with Crippen LogP contribution in [0.25, 0.3) is 0 Å². The smallest absolute Gasteiger partial charge is 0.186 e. The van der Waals surface area contributed by atoms with E-state index in [9.17, 15) is 0 Å². The minimum absolute atomic E-state index is 0.750. The topological polar surface area (TPSA) is 18.5 Å². The molecule has 0 saturated heterocycles. The highest BCUT2D eigenvalue weighted by Gasteiger charge is 2.18. The van der Waals surface area contributed by atoms with E-state index in [1.54, 1.807) is 7.11 Å². The van der Waals surface area contributed by atoms with Crippen LogP contribution in [0.4, 0.5) is 0 Å². The lowest BCUT2D eigenvalue weighted by Crippen LogP contribution is -2.28. The SMILES string of the molecule is [CH2]OCCC[Si](C)(C)OC. The molecule has 0 atom stereocenters. The van der Waals surface area contributed by atoms with Gasteiger partial charge in [0.05, 0.1) is 7.11 Å². The quantitative estimate of drug-likeness (QED) is 0.454. The van der Waals surface area contributed by atoms with Gasteiger partial charge in [-0.25, -0.2) is 0 Å². The van der Waals surface area contributed by atoms with E-state index >= 15 is 0 Å². The molecule has 0 aromatic rings. The van der Waals surface area contributed by atoms with Crippen LogP contribution in [0.1, 0.15) is 6.42 Å². The van der Waals surface area contributed by atoms with Crippen LogP contribution in [0.15, 0.2) is 0 Å². The Bertz CT molecular complexity index is 83.7. The zero-order valence-corrected chi connectivity index (χ0v) is 8.14. The molecule has 0 rings (SSSR count). The van der Waals surface area contributed by atoms with Crippen molar-refractivity contribution in [2.75, 3.05) is 13.7 Å². The first-order chi connectivity index (χ1) is 4.62.